The maximum Gasteiger partial charge on any atom is 0.472 e. The number of anilines is 1. The average molecular weight is 1350 g/mol. The van der Waals surface area contributed by atoms with Crippen LogP contribution in [0.2, 0.25) is 0 Å². The predicted molar refractivity (Wildman–Crippen MR) is 372 cm³/mol. The van der Waals surface area contributed by atoms with Crippen molar-refractivity contribution in [1.29, 1.82) is 0 Å². The van der Waals surface area contributed by atoms with E-state index >= 15 is 0 Å². The van der Waals surface area contributed by atoms with E-state index < -0.39 is 44.0 Å². The van der Waals surface area contributed by atoms with Gasteiger partial charge in [0.15, 0.2) is 16.8 Å². The molecule has 2 aliphatic rings. The number of nitrogens with one attached hydrogen (secondary N) is 4. The van der Waals surface area contributed by atoms with Crippen LogP contribution in [0.15, 0.2) is 78.9 Å². The second kappa shape index (κ2) is 46.0. The molecule has 2 amide bonds. The van der Waals surface area contributed by atoms with E-state index in [2.05, 4.69) is 59.4 Å². The molecule has 0 aromatic heterocycles. The maximum atomic E-state index is 13.5. The van der Waals surface area contributed by atoms with Gasteiger partial charge in [-0.1, -0.05) is 147 Å². The fraction of sp³-hybridized carbons (Fsp3) is 0.616. The summed E-state index contributed by atoms with van der Waals surface area (Å²) in [6.45, 7) is 4.24. The number of rotatable bonds is 52. The number of hydrogen-bond acceptors (Lipinski definition) is 15. The van der Waals surface area contributed by atoms with E-state index in [-0.39, 0.29) is 68.8 Å². The van der Waals surface area contributed by atoms with E-state index in [4.69, 9.17) is 40.2 Å². The minimum absolute atomic E-state index is 0.0303. The molecule has 2 atom stereocenters. The van der Waals surface area contributed by atoms with Crippen molar-refractivity contribution in [2.75, 3.05) is 44.8 Å². The zero-order valence-electron chi connectivity index (χ0n) is 56.2. The number of ether oxygens (including phenoxy) is 4. The van der Waals surface area contributed by atoms with Crippen LogP contribution in [0, 0.1) is 0 Å². The predicted octanol–water partition coefficient (Wildman–Crippen LogP) is 16.6. The first-order valence-corrected chi connectivity index (χ1v) is 37.1. The number of carbonyl (C=O) groups excluding carboxylic acids is 5. The Morgan fingerprint density at radius 2 is 1.00 bits per heavy atom. The molecule has 3 aromatic rings. The molecule has 0 fully saturated rings. The Balaban J connectivity index is 0.900. The van der Waals surface area contributed by atoms with Gasteiger partial charge in [-0.3, -0.25) is 28.2 Å². The summed E-state index contributed by atoms with van der Waals surface area (Å²) in [5, 5.41) is 32.6. The van der Waals surface area contributed by atoms with Crippen LogP contribution in [0.25, 0.3) is 0 Å². The van der Waals surface area contributed by atoms with Crippen molar-refractivity contribution >= 4 is 60.6 Å². The van der Waals surface area contributed by atoms with Crippen LogP contribution in [0.5, 0.6) is 23.0 Å². The third-order valence-electron chi connectivity index (χ3n) is 16.7. The number of carbonyl (C=O) groups is 5. The molecule has 0 aliphatic carbocycles. The van der Waals surface area contributed by atoms with Gasteiger partial charge in [0.2, 0.25) is 11.8 Å². The van der Waals surface area contributed by atoms with Gasteiger partial charge in [-0.25, -0.2) is 9.36 Å². The standard InChI is InChI=1S/C73H109N4O15PS/c1-3-5-7-9-11-13-15-17-19-21-23-25-27-29-32-40-69(82)87-55-60(90-70(83)41-33-30-28-26-24-22-20-18-16-14-12-10-8-6-4-2)56-89-93(85,86)88-51-50-75-68(81)39-35-34-38-67(80)74-48-36-31-37-49-76-72(94)77-57-42-45-62-61(52-57)71(84)92-73(62)63-46-43-58(78)53-65(63)91-66-54-59(79)44-47-64(66)73/h17-20,42-47,52-54,60,78-79H,3-16,21-41,48-51,55-56H2,1-2H3,(H,74,80)(H,75,81)(H,85,86)(H2,76,77,94)/b19-17+,20-18+. The number of phosphoric acid groups is 1. The quantitative estimate of drug-likeness (QED) is 0.00691. The molecule has 0 bridgehead atoms. The lowest BCUT2D eigenvalue weighted by molar-refractivity contribution is -0.161. The van der Waals surface area contributed by atoms with Crippen molar-refractivity contribution in [3.63, 3.8) is 0 Å². The number of benzene rings is 3. The molecular weight excluding hydrogens is 1240 g/mol. The smallest absolute Gasteiger partial charge is 0.472 e. The third kappa shape index (κ3) is 30.6. The van der Waals surface area contributed by atoms with E-state index in [1.54, 1.807) is 30.3 Å². The molecule has 21 heteroatoms. The fourth-order valence-electron chi connectivity index (χ4n) is 11.4. The molecule has 2 heterocycles. The molecule has 1 spiro atoms. The SMILES string of the molecule is CCCCCCCC/C=C/CCCCCCCC(=O)OCC(COP(=O)(O)OCCNC(=O)CCCCC(=O)NCCCCCNC(=S)Nc1ccc2c(c1)C(=O)OC21c2ccc(O)cc2Oc2cc(O)ccc21)OC(=O)CCCCCCC/C=C/CCCCCCCC. The van der Waals surface area contributed by atoms with Crippen molar-refractivity contribution in [2.45, 2.75) is 250 Å². The summed E-state index contributed by atoms with van der Waals surface area (Å²) >= 11 is 5.54. The Morgan fingerprint density at radius 3 is 1.54 bits per heavy atom. The molecular formula is C73H109N4O15PS. The molecule has 7 N–H and O–H groups in total. The summed E-state index contributed by atoms with van der Waals surface area (Å²) in [6, 6.07) is 14.4. The Kier molecular flexibility index (Phi) is 38.3. The fourth-order valence-corrected chi connectivity index (χ4v) is 12.4. The highest BCUT2D eigenvalue weighted by molar-refractivity contribution is 7.80. The summed E-state index contributed by atoms with van der Waals surface area (Å²) in [5.74, 6) is -1.43. The maximum absolute atomic E-state index is 13.5. The number of aromatic hydroxyl groups is 2. The number of fused-ring (bicyclic) bond motifs is 6. The minimum atomic E-state index is -4.66. The topological polar surface area (TPSA) is 267 Å². The van der Waals surface area contributed by atoms with Crippen LogP contribution in [-0.2, 0) is 52.6 Å². The van der Waals surface area contributed by atoms with E-state index in [1.807, 2.05) is 0 Å². The number of thiocarbonyl (C=S) groups is 1. The molecule has 19 nitrogen and oxygen atoms in total. The second-order valence-electron chi connectivity index (χ2n) is 24.7. The van der Waals surface area contributed by atoms with Gasteiger partial charge in [0.05, 0.1) is 18.8 Å². The van der Waals surface area contributed by atoms with Gasteiger partial charge in [-0.15, -0.1) is 0 Å². The Bertz CT molecular complexity index is 2830. The number of unbranched alkanes of at least 4 members (excludes halogenated alkanes) is 25. The molecule has 2 unspecified atom stereocenters. The molecule has 0 saturated carbocycles. The van der Waals surface area contributed by atoms with Crippen molar-refractivity contribution in [1.82, 2.24) is 16.0 Å². The van der Waals surface area contributed by atoms with Crippen LogP contribution in [0.4, 0.5) is 5.69 Å². The van der Waals surface area contributed by atoms with Crippen molar-refractivity contribution < 1.29 is 71.6 Å². The van der Waals surface area contributed by atoms with Gasteiger partial charge in [0.25, 0.3) is 0 Å². The molecule has 5 rings (SSSR count). The summed E-state index contributed by atoms with van der Waals surface area (Å²) in [5.41, 5.74) is 1.16. The van der Waals surface area contributed by atoms with Crippen LogP contribution in [-0.4, -0.2) is 95.5 Å². The van der Waals surface area contributed by atoms with E-state index in [1.165, 1.54) is 101 Å². The first-order chi connectivity index (χ1) is 45.6. The zero-order valence-corrected chi connectivity index (χ0v) is 57.9. The Hall–Kier alpha value is -6.31. The Labute approximate surface area is 564 Å². The highest BCUT2D eigenvalue weighted by atomic mass is 32.1. The number of allylic oxidation sites excluding steroid dienone is 4. The van der Waals surface area contributed by atoms with Crippen LogP contribution >= 0.6 is 20.0 Å². The van der Waals surface area contributed by atoms with Crippen LogP contribution < -0.4 is 26.0 Å². The Morgan fingerprint density at radius 1 is 0.543 bits per heavy atom. The summed E-state index contributed by atoms with van der Waals surface area (Å²) in [6.07, 6.45) is 41.5. The van der Waals surface area contributed by atoms with E-state index in [0.29, 0.717) is 83.3 Å². The second-order valence-corrected chi connectivity index (χ2v) is 26.6. The first-order valence-electron chi connectivity index (χ1n) is 35.2. The number of esters is 3. The molecule has 3 aromatic carbocycles. The van der Waals surface area contributed by atoms with Crippen LogP contribution in [0.1, 0.15) is 266 Å². The van der Waals surface area contributed by atoms with E-state index in [0.717, 1.165) is 96.3 Å². The van der Waals surface area contributed by atoms with E-state index in [9.17, 15) is 43.6 Å². The molecule has 0 radical (unpaired) electrons. The first kappa shape index (κ1) is 78.4. The lowest BCUT2D eigenvalue weighted by Crippen LogP contribution is -2.33. The van der Waals surface area contributed by atoms with Gasteiger partial charge >= 0.3 is 25.7 Å². The highest BCUT2D eigenvalue weighted by Gasteiger charge is 2.54. The third-order valence-corrected chi connectivity index (χ3v) is 17.9. The number of phosphoric ester groups is 1. The van der Waals surface area contributed by atoms with Gasteiger partial charge in [-0.05, 0) is 145 Å². The van der Waals surface area contributed by atoms with Crippen molar-refractivity contribution in [3.8, 4) is 23.0 Å². The molecule has 2 aliphatic heterocycles. The van der Waals surface area contributed by atoms with Crippen molar-refractivity contribution in [3.05, 3.63) is 101 Å². The number of phenolic OH excluding ortho intramolecular Hbond substituents is 2. The van der Waals surface area contributed by atoms with Crippen molar-refractivity contribution in [2.24, 2.45) is 0 Å². The largest absolute Gasteiger partial charge is 0.508 e. The monoisotopic (exact) mass is 1340 g/mol. The number of phenols is 2. The number of amides is 2. The molecule has 522 valence electrons. The normalized spacial score (nSPS) is 13.8. The average Bonchev–Trinajstić information content (AvgIpc) is 1.45. The van der Waals surface area contributed by atoms with Gasteiger partial charge in [0.1, 0.15) is 29.6 Å². The molecule has 0 saturated heterocycles. The lowest BCUT2D eigenvalue weighted by Gasteiger charge is -2.36. The lowest BCUT2D eigenvalue weighted by atomic mass is 9.77. The summed E-state index contributed by atoms with van der Waals surface area (Å²) < 4.78 is 46.4. The molecule has 94 heavy (non-hydrogen) atoms. The number of hydrogen-bond donors (Lipinski definition) is 7. The summed E-state index contributed by atoms with van der Waals surface area (Å²) in [7, 11) is -4.66. The summed E-state index contributed by atoms with van der Waals surface area (Å²) in [4.78, 5) is 74.7. The van der Waals surface area contributed by atoms with Gasteiger partial charge in [-0.2, -0.15) is 0 Å². The minimum Gasteiger partial charge on any atom is -0.508 e. The van der Waals surface area contributed by atoms with Gasteiger partial charge < -0.3 is 55.3 Å². The van der Waals surface area contributed by atoms with Crippen LogP contribution in [0.3, 0.4) is 0 Å². The zero-order chi connectivity index (χ0) is 67.5. The highest BCUT2D eigenvalue weighted by Crippen LogP contribution is 2.57. The van der Waals surface area contributed by atoms with Gasteiger partial charge in [0, 0.05) is 79.8 Å².